The van der Waals surface area contributed by atoms with Crippen molar-refractivity contribution in [3.8, 4) is 11.5 Å². The van der Waals surface area contributed by atoms with Gasteiger partial charge in [-0.25, -0.2) is 9.59 Å². The van der Waals surface area contributed by atoms with Gasteiger partial charge in [0.05, 0.1) is 42.6 Å². The first-order valence-electron chi connectivity index (χ1n) is 14.5. The highest BCUT2D eigenvalue weighted by Gasteiger charge is 2.16. The quantitative estimate of drug-likeness (QED) is 0.0504. The summed E-state index contributed by atoms with van der Waals surface area (Å²) in [6.07, 6.45) is 2.20. The molecule has 3 rings (SSSR count). The third kappa shape index (κ3) is 10.2. The van der Waals surface area contributed by atoms with Crippen LogP contribution in [0.15, 0.2) is 90.1 Å². The number of azo groups is 1. The number of hydrogen-bond donors (Lipinski definition) is 1. The van der Waals surface area contributed by atoms with Crippen LogP contribution >= 0.6 is 0 Å². The Bertz CT molecular complexity index is 1550. The number of non-ortho nitro benzene ring substituents is 1. The van der Waals surface area contributed by atoms with Crippen LogP contribution in [0, 0.1) is 17.0 Å². The largest absolute Gasteiger partial charge is 0.492 e. The summed E-state index contributed by atoms with van der Waals surface area (Å²) in [6, 6.07) is 15.0. The lowest BCUT2D eigenvalue weighted by molar-refractivity contribution is -0.384. The van der Waals surface area contributed by atoms with E-state index in [1.165, 1.54) is 24.3 Å². The SMILES string of the molecule is C=CC(=O)OCCN(CCOC(=O)C=C)c1ccc(Nc2cc(OCC)c(N=Nc3ccc([N+](=O)[O-])cc3)cc2OCC)c(C)c1. The molecule has 13 nitrogen and oxygen atoms in total. The third-order valence-corrected chi connectivity index (χ3v) is 6.38. The van der Waals surface area contributed by atoms with Crippen molar-refractivity contribution >= 4 is 46.1 Å². The fourth-order valence-electron chi connectivity index (χ4n) is 4.15. The molecule has 0 aromatic heterocycles. The first-order chi connectivity index (χ1) is 22.2. The molecule has 0 atom stereocenters. The molecule has 0 aliphatic heterocycles. The van der Waals surface area contributed by atoms with E-state index < -0.39 is 16.9 Å². The Morgan fingerprint density at radius 3 is 2.02 bits per heavy atom. The number of benzene rings is 3. The molecule has 0 saturated carbocycles. The zero-order valence-corrected chi connectivity index (χ0v) is 26.1. The van der Waals surface area contributed by atoms with E-state index in [4.69, 9.17) is 18.9 Å². The summed E-state index contributed by atoms with van der Waals surface area (Å²) in [5.74, 6) is -0.0715. The van der Waals surface area contributed by atoms with Crippen LogP contribution in [0.5, 0.6) is 11.5 Å². The van der Waals surface area contributed by atoms with Crippen molar-refractivity contribution in [1.29, 1.82) is 0 Å². The van der Waals surface area contributed by atoms with Gasteiger partial charge in [0.25, 0.3) is 5.69 Å². The molecular weight excluding hydrogens is 594 g/mol. The molecular formula is C33H37N5O8. The molecule has 46 heavy (non-hydrogen) atoms. The summed E-state index contributed by atoms with van der Waals surface area (Å²) in [5.41, 5.74) is 3.98. The third-order valence-electron chi connectivity index (χ3n) is 6.38. The molecule has 0 aliphatic rings. The van der Waals surface area contributed by atoms with Crippen molar-refractivity contribution in [1.82, 2.24) is 0 Å². The number of carbonyl (C=O) groups excluding carboxylic acids is 2. The zero-order valence-electron chi connectivity index (χ0n) is 26.1. The predicted octanol–water partition coefficient (Wildman–Crippen LogP) is 7.12. The number of nitro groups is 1. The minimum absolute atomic E-state index is 0.0397. The Balaban J connectivity index is 1.87. The second-order valence-electron chi connectivity index (χ2n) is 9.51. The molecule has 1 N–H and O–H groups in total. The first-order valence-corrected chi connectivity index (χ1v) is 14.5. The molecule has 0 heterocycles. The van der Waals surface area contributed by atoms with Crippen LogP contribution in [0.4, 0.5) is 34.1 Å². The van der Waals surface area contributed by atoms with E-state index in [-0.39, 0.29) is 18.9 Å². The summed E-state index contributed by atoms with van der Waals surface area (Å²) in [7, 11) is 0. The van der Waals surface area contributed by atoms with E-state index in [0.717, 1.165) is 29.1 Å². The molecule has 0 bridgehead atoms. The van der Waals surface area contributed by atoms with Crippen LogP contribution in [0.1, 0.15) is 19.4 Å². The number of ether oxygens (including phenoxy) is 4. The fourth-order valence-corrected chi connectivity index (χ4v) is 4.15. The highest BCUT2D eigenvalue weighted by Crippen LogP contribution is 2.41. The number of carbonyl (C=O) groups is 2. The first kappa shape index (κ1) is 34.8. The van der Waals surface area contributed by atoms with Gasteiger partial charge in [-0.1, -0.05) is 13.2 Å². The van der Waals surface area contributed by atoms with E-state index in [2.05, 4.69) is 28.7 Å². The van der Waals surface area contributed by atoms with Gasteiger partial charge in [-0.2, -0.15) is 5.11 Å². The number of esters is 2. The number of rotatable bonds is 18. The summed E-state index contributed by atoms with van der Waals surface area (Å²) >= 11 is 0. The lowest BCUT2D eigenvalue weighted by Crippen LogP contribution is -2.32. The van der Waals surface area contributed by atoms with Crippen LogP contribution in [0.25, 0.3) is 0 Å². The van der Waals surface area contributed by atoms with Crippen molar-refractivity contribution in [2.24, 2.45) is 10.2 Å². The molecule has 13 heteroatoms. The van der Waals surface area contributed by atoms with Crippen LogP contribution in [-0.2, 0) is 19.1 Å². The van der Waals surface area contributed by atoms with Crippen molar-refractivity contribution in [3.63, 3.8) is 0 Å². The van der Waals surface area contributed by atoms with E-state index in [0.29, 0.717) is 54.9 Å². The molecule has 3 aromatic carbocycles. The zero-order chi connectivity index (χ0) is 33.5. The van der Waals surface area contributed by atoms with Crippen molar-refractivity contribution < 1.29 is 33.5 Å². The Labute approximate surface area is 267 Å². The van der Waals surface area contributed by atoms with E-state index in [1.54, 1.807) is 12.1 Å². The van der Waals surface area contributed by atoms with Gasteiger partial charge in [0.1, 0.15) is 30.4 Å². The Kier molecular flexibility index (Phi) is 13.3. The number of hydrogen-bond acceptors (Lipinski definition) is 12. The number of nitro benzene ring substituents is 1. The molecule has 0 unspecified atom stereocenters. The molecule has 0 amide bonds. The van der Waals surface area contributed by atoms with Gasteiger partial charge in [0.15, 0.2) is 0 Å². The minimum atomic E-state index is -0.524. The van der Waals surface area contributed by atoms with Gasteiger partial charge in [-0.3, -0.25) is 10.1 Å². The Morgan fingerprint density at radius 2 is 1.48 bits per heavy atom. The maximum atomic E-state index is 11.5. The standard InChI is InChI=1S/C33H37N5O8/c1-6-32(39)45-18-16-37(17-19-46-33(40)7-2)26-14-15-27(23(5)20-26)34-28-21-31(44-9-4)29(22-30(28)43-8-3)36-35-24-10-12-25(13-11-24)38(41)42/h6-7,10-15,20-22,34H,1-2,8-9,16-19H2,3-5H3. The smallest absolute Gasteiger partial charge is 0.330 e. The normalized spacial score (nSPS) is 10.6. The number of nitrogens with one attached hydrogen (secondary N) is 1. The average molecular weight is 632 g/mol. The van der Waals surface area contributed by atoms with Gasteiger partial charge < -0.3 is 29.2 Å². The minimum Gasteiger partial charge on any atom is -0.492 e. The Morgan fingerprint density at radius 1 is 0.870 bits per heavy atom. The maximum absolute atomic E-state index is 11.5. The predicted molar refractivity (Wildman–Crippen MR) is 175 cm³/mol. The summed E-state index contributed by atoms with van der Waals surface area (Å²) in [4.78, 5) is 35.5. The highest BCUT2D eigenvalue weighted by atomic mass is 16.6. The molecule has 242 valence electrons. The second kappa shape index (κ2) is 17.5. The van der Waals surface area contributed by atoms with E-state index in [9.17, 15) is 19.7 Å². The molecule has 0 fully saturated rings. The number of nitrogens with zero attached hydrogens (tertiary/aromatic N) is 4. The van der Waals surface area contributed by atoms with E-state index in [1.807, 2.05) is 43.9 Å². The molecule has 0 spiro atoms. The number of anilines is 3. The van der Waals surface area contributed by atoms with Crippen LogP contribution in [0.2, 0.25) is 0 Å². The van der Waals surface area contributed by atoms with Crippen molar-refractivity contribution in [2.75, 3.05) is 49.7 Å². The van der Waals surface area contributed by atoms with Gasteiger partial charge in [-0.05, 0) is 56.7 Å². The van der Waals surface area contributed by atoms with Crippen molar-refractivity contribution in [2.45, 2.75) is 20.8 Å². The maximum Gasteiger partial charge on any atom is 0.330 e. The highest BCUT2D eigenvalue weighted by molar-refractivity contribution is 5.81. The molecule has 3 aromatic rings. The van der Waals surface area contributed by atoms with E-state index >= 15 is 0 Å². The van der Waals surface area contributed by atoms with Crippen LogP contribution < -0.4 is 19.7 Å². The number of aryl methyl sites for hydroxylation is 1. The lowest BCUT2D eigenvalue weighted by Gasteiger charge is -2.25. The van der Waals surface area contributed by atoms with Crippen molar-refractivity contribution in [3.05, 3.63) is 95.6 Å². The van der Waals surface area contributed by atoms with Gasteiger partial charge in [0.2, 0.25) is 0 Å². The van der Waals surface area contributed by atoms with Gasteiger partial charge >= 0.3 is 11.9 Å². The lowest BCUT2D eigenvalue weighted by atomic mass is 10.1. The second-order valence-corrected chi connectivity index (χ2v) is 9.51. The van der Waals surface area contributed by atoms with Gasteiger partial charge in [0, 0.05) is 47.8 Å². The summed E-state index contributed by atoms with van der Waals surface area (Å²) in [5, 5.41) is 22.9. The van der Waals surface area contributed by atoms with Crippen LogP contribution in [-0.4, -0.2) is 56.4 Å². The van der Waals surface area contributed by atoms with Crippen LogP contribution in [0.3, 0.4) is 0 Å². The monoisotopic (exact) mass is 631 g/mol. The fraction of sp³-hybridized carbons (Fsp3) is 0.273. The molecule has 0 saturated heterocycles. The summed E-state index contributed by atoms with van der Waals surface area (Å²) < 4.78 is 22.1. The average Bonchev–Trinajstić information content (AvgIpc) is 3.05. The summed E-state index contributed by atoms with van der Waals surface area (Å²) in [6.45, 7) is 14.2. The Hall–Kier alpha value is -5.72. The van der Waals surface area contributed by atoms with Gasteiger partial charge in [-0.15, -0.1) is 5.11 Å². The topological polar surface area (TPSA) is 154 Å². The molecule has 0 radical (unpaired) electrons. The molecule has 0 aliphatic carbocycles.